The van der Waals surface area contributed by atoms with E-state index in [2.05, 4.69) is 16.0 Å². The van der Waals surface area contributed by atoms with Crippen LogP contribution in [0.2, 0.25) is 0 Å². The Labute approximate surface area is 125 Å². The molecule has 1 aliphatic rings. The van der Waals surface area contributed by atoms with Crippen molar-refractivity contribution in [1.29, 1.82) is 0 Å². The highest BCUT2D eigenvalue weighted by molar-refractivity contribution is 5.85. The van der Waals surface area contributed by atoms with E-state index in [0.29, 0.717) is 23.0 Å². The largest absolute Gasteiger partial charge is 0.382 e. The number of hydrogen-bond acceptors (Lipinski definition) is 5. The fourth-order valence-corrected chi connectivity index (χ4v) is 2.38. The Hall–Kier alpha value is -3.22. The van der Waals surface area contributed by atoms with Gasteiger partial charge in [-0.15, -0.1) is 5.10 Å². The number of nitrogen functional groups attached to an aromatic ring is 1. The third-order valence-electron chi connectivity index (χ3n) is 3.46. The van der Waals surface area contributed by atoms with Crippen molar-refractivity contribution in [3.8, 4) is 5.69 Å². The Morgan fingerprint density at radius 2 is 1.68 bits per heavy atom. The van der Waals surface area contributed by atoms with Crippen LogP contribution in [0.25, 0.3) is 5.69 Å². The third-order valence-corrected chi connectivity index (χ3v) is 3.46. The van der Waals surface area contributed by atoms with Crippen molar-refractivity contribution in [3.63, 3.8) is 0 Å². The Morgan fingerprint density at radius 1 is 0.955 bits per heavy atom. The van der Waals surface area contributed by atoms with Crippen LogP contribution in [0.3, 0.4) is 0 Å². The van der Waals surface area contributed by atoms with Crippen LogP contribution in [0.15, 0.2) is 54.6 Å². The zero-order valence-corrected chi connectivity index (χ0v) is 11.5. The molecule has 0 amide bonds. The van der Waals surface area contributed by atoms with Gasteiger partial charge in [-0.1, -0.05) is 30.3 Å². The molecule has 4 rings (SSSR count). The molecule has 1 aromatic heterocycles. The minimum atomic E-state index is -0.345. The number of halogens is 1. The van der Waals surface area contributed by atoms with E-state index < -0.39 is 0 Å². The Bertz CT molecular complexity index is 829. The number of para-hydroxylation sites is 2. The molecular weight excluding hydrogens is 283 g/mol. The van der Waals surface area contributed by atoms with E-state index >= 15 is 0 Å². The molecule has 22 heavy (non-hydrogen) atoms. The molecule has 0 bridgehead atoms. The zero-order valence-electron chi connectivity index (χ0n) is 11.5. The lowest BCUT2D eigenvalue weighted by Gasteiger charge is -2.19. The number of rotatable bonds is 2. The van der Waals surface area contributed by atoms with Crippen LogP contribution < -0.4 is 21.7 Å². The average Bonchev–Trinajstić information content (AvgIpc) is 3.09. The molecule has 6 nitrogen and oxygen atoms in total. The van der Waals surface area contributed by atoms with Crippen LogP contribution in [0, 0.1) is 5.82 Å². The van der Waals surface area contributed by atoms with Gasteiger partial charge in [0.05, 0.1) is 5.69 Å². The molecule has 0 saturated heterocycles. The van der Waals surface area contributed by atoms with Crippen LogP contribution in [-0.2, 0) is 0 Å². The molecule has 0 fully saturated rings. The summed E-state index contributed by atoms with van der Waals surface area (Å²) in [5.41, 5.74) is 14.0. The molecule has 7 heteroatoms. The fraction of sp³-hybridized carbons (Fsp3) is 0. The molecule has 0 spiro atoms. The van der Waals surface area contributed by atoms with Crippen LogP contribution in [-0.4, -0.2) is 9.78 Å². The number of aromatic nitrogens is 2. The summed E-state index contributed by atoms with van der Waals surface area (Å²) in [4.78, 5) is 0. The molecular formula is C15H13FN6. The SMILES string of the molecule is Nc1c2c(nn1-c1ccccc1)NN(c1ccccc1F)N2. The Kier molecular flexibility index (Phi) is 2.65. The van der Waals surface area contributed by atoms with Gasteiger partial charge in [-0.05, 0) is 24.3 Å². The number of nitrogens with two attached hydrogens (primary N) is 1. The van der Waals surface area contributed by atoms with E-state index in [1.165, 1.54) is 11.2 Å². The average molecular weight is 296 g/mol. The first-order chi connectivity index (χ1) is 10.7. The summed E-state index contributed by atoms with van der Waals surface area (Å²) in [5, 5.41) is 5.88. The number of hydrazine groups is 2. The van der Waals surface area contributed by atoms with Gasteiger partial charge in [0.25, 0.3) is 0 Å². The van der Waals surface area contributed by atoms with Crippen LogP contribution in [0.4, 0.5) is 27.4 Å². The van der Waals surface area contributed by atoms with Crippen molar-refractivity contribution < 1.29 is 4.39 Å². The van der Waals surface area contributed by atoms with Crippen molar-refractivity contribution >= 4 is 23.0 Å². The Balaban J connectivity index is 1.68. The molecule has 3 aromatic rings. The van der Waals surface area contributed by atoms with Crippen molar-refractivity contribution in [1.82, 2.24) is 9.78 Å². The predicted octanol–water partition coefficient (Wildman–Crippen LogP) is 2.77. The zero-order chi connectivity index (χ0) is 15.1. The minimum absolute atomic E-state index is 0.345. The quantitative estimate of drug-likeness (QED) is 0.678. The van der Waals surface area contributed by atoms with Gasteiger partial charge >= 0.3 is 0 Å². The van der Waals surface area contributed by atoms with E-state index in [9.17, 15) is 4.39 Å². The lowest BCUT2D eigenvalue weighted by molar-refractivity contribution is 0.626. The van der Waals surface area contributed by atoms with Crippen LogP contribution >= 0.6 is 0 Å². The molecule has 0 atom stereocenters. The van der Waals surface area contributed by atoms with Crippen LogP contribution in [0.1, 0.15) is 0 Å². The number of anilines is 4. The molecule has 2 heterocycles. The first-order valence-electron chi connectivity index (χ1n) is 6.76. The first-order valence-corrected chi connectivity index (χ1v) is 6.76. The third kappa shape index (κ3) is 1.83. The summed E-state index contributed by atoms with van der Waals surface area (Å²) in [6, 6.07) is 16.0. The maximum atomic E-state index is 13.8. The Morgan fingerprint density at radius 3 is 2.41 bits per heavy atom. The molecule has 0 radical (unpaired) electrons. The van der Waals surface area contributed by atoms with Crippen molar-refractivity contribution in [2.75, 3.05) is 21.7 Å². The van der Waals surface area contributed by atoms with Crippen LogP contribution in [0.5, 0.6) is 0 Å². The maximum absolute atomic E-state index is 13.8. The highest BCUT2D eigenvalue weighted by Gasteiger charge is 2.27. The second-order valence-corrected chi connectivity index (χ2v) is 4.87. The number of hydrogen-bond donors (Lipinski definition) is 3. The lowest BCUT2D eigenvalue weighted by Crippen LogP contribution is -2.31. The van der Waals surface area contributed by atoms with Gasteiger partial charge in [0.15, 0.2) is 17.5 Å². The fourth-order valence-electron chi connectivity index (χ4n) is 2.38. The highest BCUT2D eigenvalue weighted by Crippen LogP contribution is 2.37. The second-order valence-electron chi connectivity index (χ2n) is 4.87. The lowest BCUT2D eigenvalue weighted by atomic mass is 10.3. The topological polar surface area (TPSA) is 71.1 Å². The van der Waals surface area contributed by atoms with Gasteiger partial charge in [-0.3, -0.25) is 10.9 Å². The molecule has 4 N–H and O–H groups in total. The summed E-state index contributed by atoms with van der Waals surface area (Å²) < 4.78 is 15.5. The van der Waals surface area contributed by atoms with Gasteiger partial charge in [0.2, 0.25) is 0 Å². The van der Waals surface area contributed by atoms with Crippen molar-refractivity contribution in [2.45, 2.75) is 0 Å². The monoisotopic (exact) mass is 296 g/mol. The van der Waals surface area contributed by atoms with Gasteiger partial charge < -0.3 is 5.73 Å². The van der Waals surface area contributed by atoms with E-state index in [4.69, 9.17) is 5.73 Å². The van der Waals surface area contributed by atoms with Crippen molar-refractivity contribution in [3.05, 3.63) is 60.4 Å². The number of benzene rings is 2. The number of fused-ring (bicyclic) bond motifs is 1. The summed E-state index contributed by atoms with van der Waals surface area (Å²) in [6.07, 6.45) is 0. The standard InChI is InChI=1S/C15H13FN6/c16-11-8-4-5-9-12(11)22-18-13-14(17)21(19-15(13)20-22)10-6-2-1-3-7-10/h1-9,18H,17H2,(H,19,20). The van der Waals surface area contributed by atoms with Gasteiger partial charge in [0, 0.05) is 0 Å². The smallest absolute Gasteiger partial charge is 0.196 e. The number of nitrogens with zero attached hydrogens (tertiary/aromatic N) is 3. The summed E-state index contributed by atoms with van der Waals surface area (Å²) >= 11 is 0. The minimum Gasteiger partial charge on any atom is -0.382 e. The molecule has 0 saturated carbocycles. The van der Waals surface area contributed by atoms with E-state index in [1.807, 2.05) is 30.3 Å². The van der Waals surface area contributed by atoms with E-state index in [1.54, 1.807) is 22.9 Å². The molecule has 110 valence electrons. The summed E-state index contributed by atoms with van der Waals surface area (Å²) in [6.45, 7) is 0. The summed E-state index contributed by atoms with van der Waals surface area (Å²) in [7, 11) is 0. The second kappa shape index (κ2) is 4.66. The predicted molar refractivity (Wildman–Crippen MR) is 84.1 cm³/mol. The molecule has 2 aromatic carbocycles. The van der Waals surface area contributed by atoms with Gasteiger partial charge in [-0.2, -0.15) is 5.12 Å². The summed E-state index contributed by atoms with van der Waals surface area (Å²) in [5.74, 6) is 0.652. The van der Waals surface area contributed by atoms with Gasteiger partial charge in [-0.25, -0.2) is 9.07 Å². The number of nitrogens with one attached hydrogen (secondary N) is 2. The molecule has 1 aliphatic heterocycles. The van der Waals surface area contributed by atoms with Gasteiger partial charge in [0.1, 0.15) is 11.4 Å². The molecule has 0 aliphatic carbocycles. The van der Waals surface area contributed by atoms with Crippen molar-refractivity contribution in [2.24, 2.45) is 0 Å². The van der Waals surface area contributed by atoms with E-state index in [-0.39, 0.29) is 5.82 Å². The van der Waals surface area contributed by atoms with E-state index in [0.717, 1.165) is 5.69 Å². The highest BCUT2D eigenvalue weighted by atomic mass is 19.1. The normalized spacial score (nSPS) is 12.7. The first kappa shape index (κ1) is 12.5. The molecule has 0 unspecified atom stereocenters. The maximum Gasteiger partial charge on any atom is 0.196 e.